The first-order valence-electron chi connectivity index (χ1n) is 14.5. The Morgan fingerprint density at radius 2 is 0.886 bits per heavy atom. The zero-order valence-electron chi connectivity index (χ0n) is 25.6. The number of halogens is 2. The number of hydrogen-bond acceptors (Lipinski definition) is 4. The largest absolute Gasteiger partial charge is 0.484 e. The Balaban J connectivity index is 1.49. The third-order valence-corrected chi connectivity index (χ3v) is 8.51. The van der Waals surface area contributed by atoms with E-state index in [0.717, 1.165) is 33.4 Å². The predicted molar refractivity (Wildman–Crippen MR) is 177 cm³/mol. The minimum absolute atomic E-state index is 0.141. The highest BCUT2D eigenvalue weighted by molar-refractivity contribution is 6.32. The lowest BCUT2D eigenvalue weighted by atomic mass is 10.1. The summed E-state index contributed by atoms with van der Waals surface area (Å²) in [5.41, 5.74) is 5.51. The fraction of sp³-hybridized carbons (Fsp3) is 0.278. The zero-order valence-corrected chi connectivity index (χ0v) is 27.1. The Hall–Kier alpha value is -4.00. The summed E-state index contributed by atoms with van der Waals surface area (Å²) in [5, 5.41) is 1.37. The molecule has 0 spiro atoms. The van der Waals surface area contributed by atoms with Gasteiger partial charge in [-0.3, -0.25) is 9.59 Å². The summed E-state index contributed by atoms with van der Waals surface area (Å²) >= 11 is 12.6. The van der Waals surface area contributed by atoms with E-state index in [0.29, 0.717) is 47.7 Å². The second kappa shape index (κ2) is 15.6. The van der Waals surface area contributed by atoms with Gasteiger partial charge in [0, 0.05) is 36.2 Å². The Morgan fingerprint density at radius 3 is 1.20 bits per heavy atom. The average Bonchev–Trinajstić information content (AvgIpc) is 3.02. The molecular weight excluding hydrogens is 595 g/mol. The van der Waals surface area contributed by atoms with Gasteiger partial charge in [-0.15, -0.1) is 0 Å². The molecule has 2 amide bonds. The first-order valence-corrected chi connectivity index (χ1v) is 15.3. The molecule has 0 atom stereocenters. The first kappa shape index (κ1) is 32.9. The van der Waals surface area contributed by atoms with Crippen LogP contribution in [0.3, 0.4) is 0 Å². The number of aryl methyl sites for hydroxylation is 4. The maximum Gasteiger partial charge on any atom is 0.260 e. The monoisotopic (exact) mass is 632 g/mol. The normalized spacial score (nSPS) is 10.8. The van der Waals surface area contributed by atoms with Crippen LogP contribution in [0.5, 0.6) is 11.5 Å². The summed E-state index contributed by atoms with van der Waals surface area (Å²) < 4.78 is 11.8. The van der Waals surface area contributed by atoms with Crippen LogP contribution in [0.4, 0.5) is 0 Å². The number of carbonyl (C=O) groups excluding carboxylic acids is 2. The molecule has 0 heterocycles. The van der Waals surface area contributed by atoms with Crippen molar-refractivity contribution < 1.29 is 19.1 Å². The minimum atomic E-state index is -0.186. The molecule has 0 saturated heterocycles. The van der Waals surface area contributed by atoms with E-state index in [4.69, 9.17) is 32.7 Å². The molecular formula is C36H38Cl2N2O4. The SMILES string of the molecule is Cc1cc(OCC(=O)N(CCN(Cc2ccccc2)C(=O)COc2cc(C)c(Cl)c(C)c2)Cc2ccccc2)cc(C)c1Cl. The lowest BCUT2D eigenvalue weighted by Crippen LogP contribution is -2.43. The van der Waals surface area contributed by atoms with E-state index in [1.807, 2.05) is 113 Å². The van der Waals surface area contributed by atoms with Crippen LogP contribution in [0, 0.1) is 27.7 Å². The molecule has 0 bridgehead atoms. The van der Waals surface area contributed by atoms with Crippen molar-refractivity contribution in [3.05, 3.63) is 128 Å². The molecule has 0 N–H and O–H groups in total. The number of hydrogen-bond donors (Lipinski definition) is 0. The molecule has 230 valence electrons. The third-order valence-electron chi connectivity index (χ3n) is 7.32. The van der Waals surface area contributed by atoms with Crippen LogP contribution in [0.1, 0.15) is 33.4 Å². The number of amides is 2. The number of benzene rings is 4. The van der Waals surface area contributed by atoms with E-state index in [9.17, 15) is 9.59 Å². The fourth-order valence-corrected chi connectivity index (χ4v) is 5.10. The maximum atomic E-state index is 13.5. The molecule has 0 aliphatic carbocycles. The summed E-state index contributed by atoms with van der Waals surface area (Å²) in [4.78, 5) is 30.5. The Morgan fingerprint density at radius 1 is 0.568 bits per heavy atom. The summed E-state index contributed by atoms with van der Waals surface area (Å²) in [7, 11) is 0. The van der Waals surface area contributed by atoms with Crippen LogP contribution in [0.2, 0.25) is 10.0 Å². The lowest BCUT2D eigenvalue weighted by molar-refractivity contribution is -0.138. The third kappa shape index (κ3) is 9.25. The van der Waals surface area contributed by atoms with Crippen LogP contribution in [-0.2, 0) is 22.7 Å². The number of ether oxygens (including phenoxy) is 2. The molecule has 0 unspecified atom stereocenters. The van der Waals surface area contributed by atoms with Crippen LogP contribution in [0.15, 0.2) is 84.9 Å². The predicted octanol–water partition coefficient (Wildman–Crippen LogP) is 7.74. The molecule has 4 aromatic rings. The summed E-state index contributed by atoms with van der Waals surface area (Å²) in [6.45, 7) is 8.74. The molecule has 0 saturated carbocycles. The van der Waals surface area contributed by atoms with Crippen molar-refractivity contribution in [3.8, 4) is 11.5 Å². The van der Waals surface area contributed by atoms with Gasteiger partial charge in [-0.05, 0) is 85.3 Å². The van der Waals surface area contributed by atoms with Gasteiger partial charge in [0.25, 0.3) is 11.8 Å². The molecule has 0 aromatic heterocycles. The van der Waals surface area contributed by atoms with Crippen molar-refractivity contribution in [1.29, 1.82) is 0 Å². The molecule has 4 rings (SSSR count). The summed E-state index contributed by atoms with van der Waals surface area (Å²) in [5.74, 6) is 0.801. The summed E-state index contributed by atoms with van der Waals surface area (Å²) in [6, 6.07) is 26.9. The first-order chi connectivity index (χ1) is 21.1. The fourth-order valence-electron chi connectivity index (χ4n) is 4.88. The quantitative estimate of drug-likeness (QED) is 0.151. The van der Waals surface area contributed by atoms with E-state index in [-0.39, 0.29) is 25.0 Å². The van der Waals surface area contributed by atoms with Crippen LogP contribution >= 0.6 is 23.2 Å². The van der Waals surface area contributed by atoms with Gasteiger partial charge in [0.1, 0.15) is 11.5 Å². The maximum absolute atomic E-state index is 13.5. The second-order valence-electron chi connectivity index (χ2n) is 10.9. The van der Waals surface area contributed by atoms with Crippen molar-refractivity contribution in [1.82, 2.24) is 9.80 Å². The van der Waals surface area contributed by atoms with E-state index in [2.05, 4.69) is 0 Å². The number of carbonyl (C=O) groups is 2. The molecule has 0 fully saturated rings. The van der Waals surface area contributed by atoms with Crippen molar-refractivity contribution >= 4 is 35.0 Å². The van der Waals surface area contributed by atoms with Crippen molar-refractivity contribution in [3.63, 3.8) is 0 Å². The zero-order chi connectivity index (χ0) is 31.6. The van der Waals surface area contributed by atoms with E-state index >= 15 is 0 Å². The molecule has 44 heavy (non-hydrogen) atoms. The standard InChI is InChI=1S/C36H38Cl2N2O4/c1-25-17-31(18-26(2)35(25)37)43-23-33(41)39(21-29-11-7-5-8-12-29)15-16-40(22-30-13-9-6-10-14-30)34(42)24-44-32-19-27(3)36(38)28(4)20-32/h5-14,17-20H,15-16,21-24H2,1-4H3. The number of rotatable bonds is 13. The van der Waals surface area contributed by atoms with Gasteiger partial charge < -0.3 is 19.3 Å². The molecule has 4 aromatic carbocycles. The van der Waals surface area contributed by atoms with E-state index in [1.165, 1.54) is 0 Å². The van der Waals surface area contributed by atoms with Gasteiger partial charge in [-0.1, -0.05) is 83.9 Å². The molecule has 0 aliphatic rings. The molecule has 0 radical (unpaired) electrons. The smallest absolute Gasteiger partial charge is 0.260 e. The van der Waals surface area contributed by atoms with Crippen molar-refractivity contribution in [2.45, 2.75) is 40.8 Å². The van der Waals surface area contributed by atoms with E-state index in [1.54, 1.807) is 9.80 Å². The lowest BCUT2D eigenvalue weighted by Gasteiger charge is -2.28. The van der Waals surface area contributed by atoms with Gasteiger partial charge in [0.2, 0.25) is 0 Å². The highest BCUT2D eigenvalue weighted by Gasteiger charge is 2.21. The van der Waals surface area contributed by atoms with Gasteiger partial charge >= 0.3 is 0 Å². The highest BCUT2D eigenvalue weighted by atomic mass is 35.5. The second-order valence-corrected chi connectivity index (χ2v) is 11.7. The highest BCUT2D eigenvalue weighted by Crippen LogP contribution is 2.27. The van der Waals surface area contributed by atoms with Gasteiger partial charge in [0.05, 0.1) is 0 Å². The van der Waals surface area contributed by atoms with Crippen LogP contribution < -0.4 is 9.47 Å². The minimum Gasteiger partial charge on any atom is -0.484 e. The van der Waals surface area contributed by atoms with Gasteiger partial charge in [-0.2, -0.15) is 0 Å². The van der Waals surface area contributed by atoms with E-state index < -0.39 is 0 Å². The molecule has 0 aliphatic heterocycles. The molecule has 6 nitrogen and oxygen atoms in total. The average molecular weight is 634 g/mol. The topological polar surface area (TPSA) is 59.1 Å². The number of nitrogens with zero attached hydrogens (tertiary/aromatic N) is 2. The van der Waals surface area contributed by atoms with Crippen molar-refractivity contribution in [2.75, 3.05) is 26.3 Å². The van der Waals surface area contributed by atoms with Gasteiger partial charge in [-0.25, -0.2) is 0 Å². The molecule has 8 heteroatoms. The van der Waals surface area contributed by atoms with Gasteiger partial charge in [0.15, 0.2) is 13.2 Å². The van der Waals surface area contributed by atoms with Crippen molar-refractivity contribution in [2.24, 2.45) is 0 Å². The Kier molecular flexibility index (Phi) is 11.7. The van der Waals surface area contributed by atoms with Crippen LogP contribution in [0.25, 0.3) is 0 Å². The summed E-state index contributed by atoms with van der Waals surface area (Å²) in [6.07, 6.45) is 0. The Labute approximate surface area is 270 Å². The van der Waals surface area contributed by atoms with Crippen LogP contribution in [-0.4, -0.2) is 47.9 Å². The Bertz CT molecular complexity index is 1410.